The first-order chi connectivity index (χ1) is 11.9. The van der Waals surface area contributed by atoms with Crippen LogP contribution in [0.4, 0.5) is 5.69 Å². The molecule has 1 unspecified atom stereocenters. The number of hydrogen-bond donors (Lipinski definition) is 1. The third-order valence-electron chi connectivity index (χ3n) is 4.51. The van der Waals surface area contributed by atoms with Gasteiger partial charge in [-0.05, 0) is 30.5 Å². The van der Waals surface area contributed by atoms with Gasteiger partial charge in [0, 0.05) is 6.54 Å². The Morgan fingerprint density at radius 2 is 1.48 bits per heavy atom. The van der Waals surface area contributed by atoms with Gasteiger partial charge in [0.15, 0.2) is 0 Å². The van der Waals surface area contributed by atoms with Crippen molar-refractivity contribution in [2.45, 2.75) is 77.7 Å². The minimum atomic E-state index is -3.29. The van der Waals surface area contributed by atoms with Crippen molar-refractivity contribution in [3.63, 3.8) is 0 Å². The number of aliphatic hydroxyl groups is 1. The normalized spacial score (nSPS) is 13.0. The Morgan fingerprint density at radius 1 is 0.920 bits per heavy atom. The third-order valence-corrected chi connectivity index (χ3v) is 5.71. The fourth-order valence-electron chi connectivity index (χ4n) is 2.96. The lowest BCUT2D eigenvalue weighted by atomic mass is 10.0. The van der Waals surface area contributed by atoms with Crippen LogP contribution in [0.1, 0.15) is 83.3 Å². The van der Waals surface area contributed by atoms with E-state index in [0.29, 0.717) is 12.2 Å². The van der Waals surface area contributed by atoms with E-state index in [1.54, 1.807) is 0 Å². The van der Waals surface area contributed by atoms with Gasteiger partial charge in [0.2, 0.25) is 10.0 Å². The van der Waals surface area contributed by atoms with E-state index in [9.17, 15) is 13.5 Å². The zero-order valence-electron chi connectivity index (χ0n) is 16.1. The van der Waals surface area contributed by atoms with Crippen molar-refractivity contribution in [1.29, 1.82) is 0 Å². The largest absolute Gasteiger partial charge is 0.388 e. The van der Waals surface area contributed by atoms with E-state index in [0.717, 1.165) is 50.5 Å². The minimum Gasteiger partial charge on any atom is -0.388 e. The van der Waals surface area contributed by atoms with Crippen LogP contribution in [0.3, 0.4) is 0 Å². The second-order valence-electron chi connectivity index (χ2n) is 6.85. The van der Waals surface area contributed by atoms with Crippen molar-refractivity contribution in [2.75, 3.05) is 17.1 Å². The minimum absolute atomic E-state index is 0.471. The highest BCUT2D eigenvalue weighted by Gasteiger charge is 2.17. The fourth-order valence-corrected chi connectivity index (χ4v) is 3.93. The van der Waals surface area contributed by atoms with Crippen LogP contribution in [0, 0.1) is 0 Å². The molecule has 1 N–H and O–H groups in total. The van der Waals surface area contributed by atoms with Gasteiger partial charge in [-0.25, -0.2) is 8.42 Å². The molecule has 0 radical (unpaired) electrons. The summed E-state index contributed by atoms with van der Waals surface area (Å²) in [5.41, 5.74) is 1.54. The summed E-state index contributed by atoms with van der Waals surface area (Å²) in [5.74, 6) is 0. The summed E-state index contributed by atoms with van der Waals surface area (Å²) in [7, 11) is -3.29. The molecule has 0 spiro atoms. The van der Waals surface area contributed by atoms with E-state index >= 15 is 0 Å². The molecule has 5 heteroatoms. The highest BCUT2D eigenvalue weighted by atomic mass is 32.2. The van der Waals surface area contributed by atoms with E-state index < -0.39 is 16.1 Å². The number of benzene rings is 1. The zero-order chi connectivity index (χ0) is 18.7. The van der Waals surface area contributed by atoms with Gasteiger partial charge in [0.25, 0.3) is 0 Å². The molecule has 1 aromatic rings. The maximum absolute atomic E-state index is 12.1. The number of sulfonamides is 1. The Morgan fingerprint density at radius 3 is 2.04 bits per heavy atom. The lowest BCUT2D eigenvalue weighted by Crippen LogP contribution is -2.30. The van der Waals surface area contributed by atoms with E-state index in [1.807, 2.05) is 24.3 Å². The average Bonchev–Trinajstić information content (AvgIpc) is 2.57. The number of aliphatic hydroxyl groups excluding tert-OH is 1. The second-order valence-corrected chi connectivity index (χ2v) is 8.76. The molecule has 1 rings (SSSR count). The molecular weight excluding hydrogens is 334 g/mol. The predicted octanol–water partition coefficient (Wildman–Crippen LogP) is 5.04. The van der Waals surface area contributed by atoms with Crippen LogP contribution in [-0.4, -0.2) is 26.3 Å². The number of nitrogens with zero attached hydrogens (tertiary/aromatic N) is 1. The predicted molar refractivity (Wildman–Crippen MR) is 106 cm³/mol. The SMILES string of the molecule is CCCCCCCN(c1ccc(C(O)CCCCC)cc1)S(C)(=O)=O. The maximum atomic E-state index is 12.1. The molecule has 1 aromatic carbocycles. The van der Waals surface area contributed by atoms with Crippen LogP contribution in [0.15, 0.2) is 24.3 Å². The van der Waals surface area contributed by atoms with Crippen LogP contribution in [0.2, 0.25) is 0 Å². The highest BCUT2D eigenvalue weighted by molar-refractivity contribution is 7.92. The number of unbranched alkanes of at least 4 members (excludes halogenated alkanes) is 6. The van der Waals surface area contributed by atoms with Crippen LogP contribution in [0.25, 0.3) is 0 Å². The third kappa shape index (κ3) is 8.23. The van der Waals surface area contributed by atoms with E-state index in [-0.39, 0.29) is 0 Å². The van der Waals surface area contributed by atoms with Gasteiger partial charge in [0.1, 0.15) is 0 Å². The van der Waals surface area contributed by atoms with E-state index in [4.69, 9.17) is 0 Å². The number of hydrogen-bond acceptors (Lipinski definition) is 3. The zero-order valence-corrected chi connectivity index (χ0v) is 16.9. The molecule has 0 bridgehead atoms. The maximum Gasteiger partial charge on any atom is 0.232 e. The van der Waals surface area contributed by atoms with Gasteiger partial charge < -0.3 is 5.11 Å². The van der Waals surface area contributed by atoms with Crippen LogP contribution >= 0.6 is 0 Å². The molecular formula is C20H35NO3S. The molecule has 0 heterocycles. The Hall–Kier alpha value is -1.07. The summed E-state index contributed by atoms with van der Waals surface area (Å²) in [6.07, 6.45) is 10.2. The lowest BCUT2D eigenvalue weighted by molar-refractivity contribution is 0.163. The van der Waals surface area contributed by atoms with Crippen LogP contribution < -0.4 is 4.31 Å². The first kappa shape index (κ1) is 22.0. The molecule has 0 amide bonds. The first-order valence-corrected chi connectivity index (χ1v) is 11.5. The Bertz CT molecular complexity index is 569. The van der Waals surface area contributed by atoms with Gasteiger partial charge in [-0.2, -0.15) is 0 Å². The van der Waals surface area contributed by atoms with Gasteiger partial charge in [0.05, 0.1) is 18.0 Å². The van der Waals surface area contributed by atoms with Crippen molar-refractivity contribution in [1.82, 2.24) is 0 Å². The lowest BCUT2D eigenvalue weighted by Gasteiger charge is -2.23. The molecule has 0 aromatic heterocycles. The van der Waals surface area contributed by atoms with Crippen molar-refractivity contribution in [3.05, 3.63) is 29.8 Å². The molecule has 25 heavy (non-hydrogen) atoms. The average molecular weight is 370 g/mol. The van der Waals surface area contributed by atoms with Crippen molar-refractivity contribution >= 4 is 15.7 Å². The van der Waals surface area contributed by atoms with Crippen molar-refractivity contribution in [3.8, 4) is 0 Å². The van der Waals surface area contributed by atoms with Crippen molar-refractivity contribution in [2.24, 2.45) is 0 Å². The summed E-state index contributed by atoms with van der Waals surface area (Å²) < 4.78 is 25.7. The molecule has 0 aliphatic rings. The standard InChI is InChI=1S/C20H35NO3S/c1-4-6-8-9-11-17-21(25(3,23)24)19-15-13-18(14-16-19)20(22)12-10-7-5-2/h13-16,20,22H,4-12,17H2,1-3H3. The number of anilines is 1. The van der Waals surface area contributed by atoms with E-state index in [2.05, 4.69) is 13.8 Å². The summed E-state index contributed by atoms with van der Waals surface area (Å²) in [6.45, 7) is 4.82. The number of rotatable bonds is 13. The van der Waals surface area contributed by atoms with Crippen LogP contribution in [0.5, 0.6) is 0 Å². The molecule has 4 nitrogen and oxygen atoms in total. The fraction of sp³-hybridized carbons (Fsp3) is 0.700. The Kier molecular flexibility index (Phi) is 10.1. The van der Waals surface area contributed by atoms with Gasteiger partial charge >= 0.3 is 0 Å². The highest BCUT2D eigenvalue weighted by Crippen LogP contribution is 2.24. The molecule has 0 saturated heterocycles. The second kappa shape index (κ2) is 11.5. The molecule has 0 aliphatic heterocycles. The summed E-state index contributed by atoms with van der Waals surface area (Å²) in [4.78, 5) is 0. The monoisotopic (exact) mass is 369 g/mol. The quantitative estimate of drug-likeness (QED) is 0.496. The molecule has 0 fully saturated rings. The van der Waals surface area contributed by atoms with E-state index in [1.165, 1.54) is 23.4 Å². The van der Waals surface area contributed by atoms with Gasteiger partial charge in [-0.1, -0.05) is 70.9 Å². The Labute approximate surface area is 154 Å². The summed E-state index contributed by atoms with van der Waals surface area (Å²) in [5, 5.41) is 10.2. The van der Waals surface area contributed by atoms with Crippen LogP contribution in [-0.2, 0) is 10.0 Å². The van der Waals surface area contributed by atoms with Gasteiger partial charge in [-0.3, -0.25) is 4.31 Å². The summed E-state index contributed by atoms with van der Waals surface area (Å²) >= 11 is 0. The molecule has 144 valence electrons. The molecule has 0 saturated carbocycles. The smallest absolute Gasteiger partial charge is 0.232 e. The molecule has 1 atom stereocenters. The summed E-state index contributed by atoms with van der Waals surface area (Å²) in [6, 6.07) is 7.32. The van der Waals surface area contributed by atoms with Gasteiger partial charge in [-0.15, -0.1) is 0 Å². The first-order valence-electron chi connectivity index (χ1n) is 9.65. The molecule has 0 aliphatic carbocycles. The van der Waals surface area contributed by atoms with Crippen molar-refractivity contribution < 1.29 is 13.5 Å². The Balaban J connectivity index is 2.69. The topological polar surface area (TPSA) is 57.6 Å².